The zero-order valence-electron chi connectivity index (χ0n) is 7.83. The van der Waals surface area contributed by atoms with Crippen molar-refractivity contribution in [1.82, 2.24) is 4.98 Å². The Hall–Kier alpha value is -0.410. The van der Waals surface area contributed by atoms with E-state index in [0.717, 1.165) is 6.54 Å². The molecule has 3 heteroatoms. The van der Waals surface area contributed by atoms with Gasteiger partial charge in [0.25, 0.3) is 0 Å². The van der Waals surface area contributed by atoms with Crippen molar-refractivity contribution in [1.29, 1.82) is 0 Å². The number of hydrogen-bond donors (Lipinski definition) is 1. The molecule has 1 saturated carbocycles. The summed E-state index contributed by atoms with van der Waals surface area (Å²) in [5.41, 5.74) is 9.27. The first-order valence-corrected chi connectivity index (χ1v) is 5.90. The number of thiazole rings is 1. The summed E-state index contributed by atoms with van der Waals surface area (Å²) in [6.45, 7) is 0.761. The van der Waals surface area contributed by atoms with Crippen LogP contribution in [-0.2, 0) is 5.41 Å². The van der Waals surface area contributed by atoms with E-state index in [1.54, 1.807) is 11.3 Å². The molecule has 2 N–H and O–H groups in total. The first-order chi connectivity index (χ1) is 6.37. The Morgan fingerprint density at radius 3 is 2.69 bits per heavy atom. The minimum Gasteiger partial charge on any atom is -0.330 e. The van der Waals surface area contributed by atoms with Crippen molar-refractivity contribution in [2.75, 3.05) is 6.54 Å². The Balaban J connectivity index is 2.23. The van der Waals surface area contributed by atoms with Gasteiger partial charge in [-0.15, -0.1) is 11.3 Å². The minimum absolute atomic E-state index is 0.220. The molecule has 2 rings (SSSR count). The molecule has 0 bridgehead atoms. The van der Waals surface area contributed by atoms with Crippen molar-refractivity contribution in [3.8, 4) is 0 Å². The second-order valence-electron chi connectivity index (χ2n) is 3.92. The lowest BCUT2D eigenvalue weighted by Gasteiger charge is -2.34. The number of nitrogens with zero attached hydrogens (tertiary/aromatic N) is 1. The van der Waals surface area contributed by atoms with E-state index < -0.39 is 0 Å². The maximum Gasteiger partial charge on any atom is 0.0794 e. The minimum atomic E-state index is 0.220. The molecule has 2 nitrogen and oxygen atoms in total. The predicted octanol–water partition coefficient (Wildman–Crippen LogP) is 2.30. The highest BCUT2D eigenvalue weighted by molar-refractivity contribution is 7.07. The lowest BCUT2D eigenvalue weighted by molar-refractivity contribution is 0.295. The number of nitrogens with two attached hydrogens (primary N) is 1. The molecule has 72 valence electrons. The van der Waals surface area contributed by atoms with Crippen molar-refractivity contribution in [2.45, 2.75) is 37.5 Å². The number of rotatable bonds is 2. The predicted molar refractivity (Wildman–Crippen MR) is 55.9 cm³/mol. The van der Waals surface area contributed by atoms with Crippen LogP contribution in [0.2, 0.25) is 0 Å². The second kappa shape index (κ2) is 3.76. The molecule has 0 aromatic carbocycles. The van der Waals surface area contributed by atoms with Crippen LogP contribution in [0.3, 0.4) is 0 Å². The molecule has 0 aliphatic heterocycles. The van der Waals surface area contributed by atoms with Gasteiger partial charge in [0.15, 0.2) is 0 Å². The fourth-order valence-electron chi connectivity index (χ4n) is 2.27. The Kier molecular flexibility index (Phi) is 2.65. The summed E-state index contributed by atoms with van der Waals surface area (Å²) < 4.78 is 0. The highest BCUT2D eigenvalue weighted by atomic mass is 32.1. The molecule has 0 atom stereocenters. The molecule has 1 aliphatic carbocycles. The molecule has 13 heavy (non-hydrogen) atoms. The average molecular weight is 196 g/mol. The van der Waals surface area contributed by atoms with Gasteiger partial charge in [0.05, 0.1) is 11.2 Å². The van der Waals surface area contributed by atoms with E-state index in [4.69, 9.17) is 5.73 Å². The second-order valence-corrected chi connectivity index (χ2v) is 4.64. The van der Waals surface area contributed by atoms with Crippen LogP contribution in [0.25, 0.3) is 0 Å². The van der Waals surface area contributed by atoms with Gasteiger partial charge in [-0.3, -0.25) is 0 Å². The molecule has 0 amide bonds. The first kappa shape index (κ1) is 9.16. The summed E-state index contributed by atoms with van der Waals surface area (Å²) in [7, 11) is 0. The van der Waals surface area contributed by atoms with E-state index in [2.05, 4.69) is 10.4 Å². The van der Waals surface area contributed by atoms with Crippen LogP contribution in [0.1, 0.15) is 37.8 Å². The van der Waals surface area contributed by atoms with Crippen LogP contribution in [0.5, 0.6) is 0 Å². The van der Waals surface area contributed by atoms with Crippen LogP contribution in [0, 0.1) is 0 Å². The van der Waals surface area contributed by atoms with Gasteiger partial charge in [0.1, 0.15) is 0 Å². The topological polar surface area (TPSA) is 38.9 Å². The van der Waals surface area contributed by atoms with E-state index in [9.17, 15) is 0 Å². The summed E-state index contributed by atoms with van der Waals surface area (Å²) in [6.07, 6.45) is 6.45. The molecule has 1 aliphatic rings. The van der Waals surface area contributed by atoms with E-state index in [1.807, 2.05) is 5.51 Å². The largest absolute Gasteiger partial charge is 0.330 e. The Morgan fingerprint density at radius 2 is 2.15 bits per heavy atom. The van der Waals surface area contributed by atoms with Crippen LogP contribution in [-0.4, -0.2) is 11.5 Å². The van der Waals surface area contributed by atoms with Gasteiger partial charge in [-0.05, 0) is 12.8 Å². The van der Waals surface area contributed by atoms with Gasteiger partial charge in [0.2, 0.25) is 0 Å². The van der Waals surface area contributed by atoms with E-state index in [0.29, 0.717) is 0 Å². The summed E-state index contributed by atoms with van der Waals surface area (Å²) in [6, 6.07) is 0. The number of hydrogen-bond acceptors (Lipinski definition) is 3. The molecule has 1 fully saturated rings. The molecular formula is C10H16N2S. The normalized spacial score (nSPS) is 21.6. The van der Waals surface area contributed by atoms with Gasteiger partial charge < -0.3 is 5.73 Å². The van der Waals surface area contributed by atoms with Crippen LogP contribution < -0.4 is 5.73 Å². The third-order valence-electron chi connectivity index (χ3n) is 3.18. The molecular weight excluding hydrogens is 180 g/mol. The van der Waals surface area contributed by atoms with Crippen LogP contribution >= 0.6 is 11.3 Å². The third-order valence-corrected chi connectivity index (χ3v) is 3.76. The van der Waals surface area contributed by atoms with Gasteiger partial charge in [-0.2, -0.15) is 0 Å². The third kappa shape index (κ3) is 1.63. The number of aromatic nitrogens is 1. The maximum atomic E-state index is 5.89. The first-order valence-electron chi connectivity index (χ1n) is 4.96. The Labute approximate surface area is 83.2 Å². The summed E-state index contributed by atoms with van der Waals surface area (Å²) >= 11 is 1.68. The maximum absolute atomic E-state index is 5.89. The summed E-state index contributed by atoms with van der Waals surface area (Å²) in [4.78, 5) is 4.42. The van der Waals surface area contributed by atoms with Gasteiger partial charge in [-0.1, -0.05) is 19.3 Å². The van der Waals surface area contributed by atoms with Crippen molar-refractivity contribution in [3.63, 3.8) is 0 Å². The fraction of sp³-hybridized carbons (Fsp3) is 0.700. The van der Waals surface area contributed by atoms with E-state index in [1.165, 1.54) is 37.8 Å². The zero-order chi connectivity index (χ0) is 9.15. The Morgan fingerprint density at radius 1 is 1.38 bits per heavy atom. The van der Waals surface area contributed by atoms with E-state index in [-0.39, 0.29) is 5.41 Å². The summed E-state index contributed by atoms with van der Waals surface area (Å²) in [5, 5.41) is 2.16. The summed E-state index contributed by atoms with van der Waals surface area (Å²) in [5.74, 6) is 0. The van der Waals surface area contributed by atoms with Gasteiger partial charge in [-0.25, -0.2) is 4.98 Å². The lowest BCUT2D eigenvalue weighted by atomic mass is 9.72. The quantitative estimate of drug-likeness (QED) is 0.788. The van der Waals surface area contributed by atoms with E-state index >= 15 is 0 Å². The SMILES string of the molecule is NCC1(c2cscn2)CCCCC1. The highest BCUT2D eigenvalue weighted by Crippen LogP contribution is 2.38. The van der Waals surface area contributed by atoms with Crippen molar-refractivity contribution >= 4 is 11.3 Å². The van der Waals surface area contributed by atoms with Crippen LogP contribution in [0.4, 0.5) is 0 Å². The van der Waals surface area contributed by atoms with Gasteiger partial charge in [0, 0.05) is 17.3 Å². The molecule has 0 unspecified atom stereocenters. The van der Waals surface area contributed by atoms with Crippen molar-refractivity contribution < 1.29 is 0 Å². The zero-order valence-corrected chi connectivity index (χ0v) is 8.65. The smallest absolute Gasteiger partial charge is 0.0794 e. The lowest BCUT2D eigenvalue weighted by Crippen LogP contribution is -2.37. The molecule has 0 spiro atoms. The monoisotopic (exact) mass is 196 g/mol. The molecule has 1 aromatic rings. The molecule has 1 heterocycles. The molecule has 1 aromatic heterocycles. The standard InChI is InChI=1S/C10H16N2S/c11-7-10(4-2-1-3-5-10)9-6-13-8-12-9/h6,8H,1-5,7,11H2. The molecule has 0 saturated heterocycles. The van der Waals surface area contributed by atoms with Crippen LogP contribution in [0.15, 0.2) is 10.9 Å². The van der Waals surface area contributed by atoms with Crippen molar-refractivity contribution in [2.24, 2.45) is 5.73 Å². The fourth-order valence-corrected chi connectivity index (χ4v) is 2.94. The van der Waals surface area contributed by atoms with Crippen molar-refractivity contribution in [3.05, 3.63) is 16.6 Å². The average Bonchev–Trinajstić information content (AvgIpc) is 2.72. The molecule has 0 radical (unpaired) electrons. The Bertz CT molecular complexity index is 250. The highest BCUT2D eigenvalue weighted by Gasteiger charge is 2.33. The van der Waals surface area contributed by atoms with Gasteiger partial charge >= 0.3 is 0 Å².